The van der Waals surface area contributed by atoms with Gasteiger partial charge in [0.15, 0.2) is 0 Å². The van der Waals surface area contributed by atoms with Crippen molar-refractivity contribution in [3.8, 4) is 0 Å². The first-order valence-electron chi connectivity index (χ1n) is 10.0. The Hall–Kier alpha value is -3.14. The Morgan fingerprint density at radius 3 is 2.59 bits per heavy atom. The maximum absolute atomic E-state index is 13.2. The molecule has 6 nitrogen and oxygen atoms in total. The first kappa shape index (κ1) is 22.1. The van der Waals surface area contributed by atoms with Crippen molar-refractivity contribution >= 4 is 23.2 Å². The quantitative estimate of drug-likeness (QED) is 0.595. The molecule has 1 aliphatic heterocycles. The fraction of sp³-hybridized carbons (Fsp3) is 0.318. The van der Waals surface area contributed by atoms with Crippen LogP contribution in [0, 0.1) is 0 Å². The van der Waals surface area contributed by atoms with E-state index in [4.69, 9.17) is 4.42 Å². The molecular weight excluding hydrogens is 443 g/mol. The van der Waals surface area contributed by atoms with E-state index in [9.17, 15) is 22.8 Å². The number of rotatable bonds is 5. The van der Waals surface area contributed by atoms with E-state index in [0.29, 0.717) is 37.4 Å². The van der Waals surface area contributed by atoms with Crippen molar-refractivity contribution in [3.05, 3.63) is 75.6 Å². The molecule has 10 heteroatoms. The van der Waals surface area contributed by atoms with Crippen LogP contribution in [0.15, 0.2) is 52.5 Å². The van der Waals surface area contributed by atoms with Crippen LogP contribution >= 0.6 is 11.3 Å². The minimum atomic E-state index is -4.58. The molecule has 2 amide bonds. The molecule has 2 aromatic heterocycles. The molecule has 3 heterocycles. The number of nitrogens with zero attached hydrogens (tertiary/aromatic N) is 2. The van der Waals surface area contributed by atoms with Crippen LogP contribution in [0.3, 0.4) is 0 Å². The van der Waals surface area contributed by atoms with Gasteiger partial charge in [-0.25, -0.2) is 4.98 Å². The number of furan rings is 1. The number of halogens is 3. The lowest BCUT2D eigenvalue weighted by atomic mass is 9.96. The molecule has 3 aromatic rings. The molecule has 1 fully saturated rings. The van der Waals surface area contributed by atoms with Gasteiger partial charge in [-0.2, -0.15) is 13.2 Å². The topological polar surface area (TPSA) is 75.4 Å². The van der Waals surface area contributed by atoms with Crippen LogP contribution < -0.4 is 5.32 Å². The molecule has 0 spiro atoms. The van der Waals surface area contributed by atoms with E-state index in [1.165, 1.54) is 40.7 Å². The molecule has 32 heavy (non-hydrogen) atoms. The van der Waals surface area contributed by atoms with Gasteiger partial charge in [0.25, 0.3) is 11.8 Å². The second-order valence-corrected chi connectivity index (χ2v) is 8.33. The van der Waals surface area contributed by atoms with Gasteiger partial charge in [-0.05, 0) is 37.1 Å². The average Bonchev–Trinajstić information content (AvgIpc) is 3.49. The van der Waals surface area contributed by atoms with E-state index in [-0.39, 0.29) is 23.9 Å². The number of thiazole rings is 1. The van der Waals surface area contributed by atoms with Gasteiger partial charge in [-0.1, -0.05) is 12.1 Å². The molecule has 0 radical (unpaired) electrons. The number of aromatic nitrogens is 1. The molecule has 1 aliphatic rings. The van der Waals surface area contributed by atoms with Crippen molar-refractivity contribution in [2.75, 3.05) is 13.1 Å². The normalized spacial score (nSPS) is 15.0. The van der Waals surface area contributed by atoms with Crippen molar-refractivity contribution in [1.29, 1.82) is 0 Å². The summed E-state index contributed by atoms with van der Waals surface area (Å²) in [4.78, 5) is 30.9. The number of amides is 2. The minimum Gasteiger partial charge on any atom is -0.467 e. The highest BCUT2D eigenvalue weighted by Crippen LogP contribution is 2.34. The van der Waals surface area contributed by atoms with Crippen LogP contribution in [-0.4, -0.2) is 34.8 Å². The molecule has 1 N–H and O–H groups in total. The highest BCUT2D eigenvalue weighted by Gasteiger charge is 2.36. The summed E-state index contributed by atoms with van der Waals surface area (Å²) in [6.07, 6.45) is -1.91. The number of piperidine rings is 1. The van der Waals surface area contributed by atoms with Gasteiger partial charge in [0.1, 0.15) is 11.5 Å². The lowest BCUT2D eigenvalue weighted by Crippen LogP contribution is -2.38. The van der Waals surface area contributed by atoms with Crippen molar-refractivity contribution in [2.45, 2.75) is 31.5 Å². The van der Waals surface area contributed by atoms with Gasteiger partial charge in [-0.15, -0.1) is 11.3 Å². The van der Waals surface area contributed by atoms with Crippen LogP contribution in [0.25, 0.3) is 0 Å². The van der Waals surface area contributed by atoms with E-state index >= 15 is 0 Å². The molecule has 168 valence electrons. The zero-order valence-electron chi connectivity index (χ0n) is 16.9. The summed E-state index contributed by atoms with van der Waals surface area (Å²) in [5, 5.41) is 5.21. The lowest BCUT2D eigenvalue weighted by Gasteiger charge is -2.31. The summed E-state index contributed by atoms with van der Waals surface area (Å²) in [5.74, 6) is -0.236. The summed E-state index contributed by atoms with van der Waals surface area (Å²) < 4.78 is 44.9. The molecular formula is C22H20F3N3O3S. The summed E-state index contributed by atoms with van der Waals surface area (Å²) in [6, 6.07) is 8.34. The van der Waals surface area contributed by atoms with E-state index < -0.39 is 17.6 Å². The third-order valence-corrected chi connectivity index (χ3v) is 6.36. The molecule has 1 saturated heterocycles. The number of hydrogen-bond acceptors (Lipinski definition) is 5. The van der Waals surface area contributed by atoms with Crippen LogP contribution in [0.4, 0.5) is 13.2 Å². The third kappa shape index (κ3) is 4.85. The van der Waals surface area contributed by atoms with Gasteiger partial charge in [0.05, 0.1) is 28.9 Å². The van der Waals surface area contributed by atoms with E-state index in [2.05, 4.69) is 10.3 Å². The molecule has 0 saturated carbocycles. The summed E-state index contributed by atoms with van der Waals surface area (Å²) >= 11 is 1.37. The van der Waals surface area contributed by atoms with Crippen molar-refractivity contribution in [1.82, 2.24) is 15.2 Å². The number of carbonyl (C=O) groups excluding carboxylic acids is 2. The summed E-state index contributed by atoms with van der Waals surface area (Å²) in [6.45, 7) is 0.920. The monoisotopic (exact) mass is 463 g/mol. The number of likely N-dealkylation sites (tertiary alicyclic amines) is 1. The highest BCUT2D eigenvalue weighted by molar-refractivity contribution is 7.09. The number of hydrogen-bond donors (Lipinski definition) is 1. The number of alkyl halides is 3. The third-order valence-electron chi connectivity index (χ3n) is 5.35. The Balaban J connectivity index is 1.35. The van der Waals surface area contributed by atoms with Gasteiger partial charge < -0.3 is 14.6 Å². The van der Waals surface area contributed by atoms with Gasteiger partial charge in [-0.3, -0.25) is 9.59 Å². The zero-order valence-corrected chi connectivity index (χ0v) is 17.7. The minimum absolute atomic E-state index is 0.0496. The number of carbonyl (C=O) groups is 2. The Labute approximate surface area is 186 Å². The molecule has 0 bridgehead atoms. The first-order chi connectivity index (χ1) is 15.3. The first-order valence-corrected chi connectivity index (χ1v) is 10.9. The zero-order chi connectivity index (χ0) is 22.7. The second kappa shape index (κ2) is 9.15. The molecule has 1 aromatic carbocycles. The fourth-order valence-electron chi connectivity index (χ4n) is 3.67. The summed E-state index contributed by atoms with van der Waals surface area (Å²) in [5.41, 5.74) is -0.936. The van der Waals surface area contributed by atoms with Crippen LogP contribution in [0.5, 0.6) is 0 Å². The standard InChI is InChI=1S/C22H20F3N3O3S/c23-22(24,25)17-6-2-1-5-16(17)21(30)28-9-7-14(8-10-28)20-27-18(13-32-20)19(29)26-12-15-4-3-11-31-15/h1-6,11,13-14H,7-10,12H2,(H,26,29). The van der Waals surface area contributed by atoms with Crippen molar-refractivity contribution in [3.63, 3.8) is 0 Å². The van der Waals surface area contributed by atoms with E-state index in [0.717, 1.165) is 11.1 Å². The van der Waals surface area contributed by atoms with Crippen LogP contribution in [0.1, 0.15) is 55.9 Å². The lowest BCUT2D eigenvalue weighted by molar-refractivity contribution is -0.138. The van der Waals surface area contributed by atoms with E-state index in [1.807, 2.05) is 0 Å². The van der Waals surface area contributed by atoms with Crippen molar-refractivity contribution < 1.29 is 27.2 Å². The molecule has 0 atom stereocenters. The molecule has 0 unspecified atom stereocenters. The van der Waals surface area contributed by atoms with Gasteiger partial charge in [0.2, 0.25) is 0 Å². The Kier molecular flexibility index (Phi) is 6.31. The smallest absolute Gasteiger partial charge is 0.417 e. The Bertz CT molecular complexity index is 1090. The van der Waals surface area contributed by atoms with Crippen molar-refractivity contribution in [2.24, 2.45) is 0 Å². The summed E-state index contributed by atoms with van der Waals surface area (Å²) in [7, 11) is 0. The number of benzene rings is 1. The molecule has 4 rings (SSSR count). The largest absolute Gasteiger partial charge is 0.467 e. The number of nitrogens with one attached hydrogen (secondary N) is 1. The maximum Gasteiger partial charge on any atom is 0.417 e. The Morgan fingerprint density at radius 1 is 1.16 bits per heavy atom. The second-order valence-electron chi connectivity index (χ2n) is 7.44. The highest BCUT2D eigenvalue weighted by atomic mass is 32.1. The fourth-order valence-corrected chi connectivity index (χ4v) is 4.64. The molecule has 0 aliphatic carbocycles. The maximum atomic E-state index is 13.2. The average molecular weight is 463 g/mol. The SMILES string of the molecule is O=C(NCc1ccco1)c1csc(C2CCN(C(=O)c3ccccc3C(F)(F)F)CC2)n1. The Morgan fingerprint density at radius 2 is 1.91 bits per heavy atom. The predicted molar refractivity (Wildman–Crippen MR) is 111 cm³/mol. The van der Waals surface area contributed by atoms with Crippen LogP contribution in [-0.2, 0) is 12.7 Å². The van der Waals surface area contributed by atoms with E-state index in [1.54, 1.807) is 17.5 Å². The van der Waals surface area contributed by atoms with Crippen LogP contribution in [0.2, 0.25) is 0 Å². The van der Waals surface area contributed by atoms with Gasteiger partial charge in [0, 0.05) is 24.4 Å². The van der Waals surface area contributed by atoms with Gasteiger partial charge >= 0.3 is 6.18 Å². The predicted octanol–water partition coefficient (Wildman–Crippen LogP) is 4.70.